The van der Waals surface area contributed by atoms with E-state index in [4.69, 9.17) is 4.74 Å². The second kappa shape index (κ2) is 9.90. The highest BCUT2D eigenvalue weighted by Crippen LogP contribution is 2.20. The number of carbonyl (C=O) groups excluding carboxylic acids is 1. The van der Waals surface area contributed by atoms with Crippen LogP contribution in [0.3, 0.4) is 0 Å². The molecule has 3 rings (SSSR count). The first-order valence-electron chi connectivity index (χ1n) is 9.55. The molecule has 0 saturated carbocycles. The van der Waals surface area contributed by atoms with Crippen LogP contribution in [0, 0.1) is 12.8 Å². The second-order valence-corrected chi connectivity index (χ2v) is 8.00. The van der Waals surface area contributed by atoms with Gasteiger partial charge in [0.15, 0.2) is 0 Å². The van der Waals surface area contributed by atoms with Crippen molar-refractivity contribution in [3.05, 3.63) is 64.1 Å². The third kappa shape index (κ3) is 6.08. The Hall–Kier alpha value is -1.85. The molecule has 0 radical (unpaired) electrons. The number of nitrogens with zero attached hydrogens (tertiary/aromatic N) is 1. The Bertz CT molecular complexity index is 740. The van der Waals surface area contributed by atoms with Crippen LogP contribution in [-0.2, 0) is 11.3 Å². The lowest BCUT2D eigenvalue weighted by molar-refractivity contribution is -0.126. The average molecular weight is 431 g/mol. The molecule has 1 amide bonds. The minimum absolute atomic E-state index is 0.115. The normalized spacial score (nSPS) is 15.5. The van der Waals surface area contributed by atoms with Crippen molar-refractivity contribution in [2.24, 2.45) is 5.92 Å². The van der Waals surface area contributed by atoms with Gasteiger partial charge in [-0.05, 0) is 62.2 Å². The van der Waals surface area contributed by atoms with Crippen LogP contribution in [0.15, 0.2) is 53.0 Å². The van der Waals surface area contributed by atoms with Crippen molar-refractivity contribution < 1.29 is 9.53 Å². The van der Waals surface area contributed by atoms with Gasteiger partial charge in [0.2, 0.25) is 5.91 Å². The van der Waals surface area contributed by atoms with Gasteiger partial charge in [-0.1, -0.05) is 46.3 Å². The number of rotatable bonds is 7. The molecule has 1 heterocycles. The Kier molecular flexibility index (Phi) is 7.30. The first-order chi connectivity index (χ1) is 13.1. The topological polar surface area (TPSA) is 41.6 Å². The Balaban J connectivity index is 1.34. The Morgan fingerprint density at radius 2 is 1.85 bits per heavy atom. The van der Waals surface area contributed by atoms with Crippen LogP contribution < -0.4 is 10.1 Å². The molecule has 1 saturated heterocycles. The predicted molar refractivity (Wildman–Crippen MR) is 112 cm³/mol. The quantitative estimate of drug-likeness (QED) is 0.670. The lowest BCUT2D eigenvalue weighted by atomic mass is 9.95. The first-order valence-corrected chi connectivity index (χ1v) is 10.3. The number of amides is 1. The van der Waals surface area contributed by atoms with Gasteiger partial charge in [0, 0.05) is 16.9 Å². The molecule has 0 bridgehead atoms. The summed E-state index contributed by atoms with van der Waals surface area (Å²) in [6.07, 6.45) is 1.84. The fraction of sp³-hybridized carbons (Fsp3) is 0.409. The van der Waals surface area contributed by atoms with Crippen molar-refractivity contribution in [2.45, 2.75) is 26.3 Å². The molecule has 0 aromatic heterocycles. The standard InChI is InChI=1S/C22H27BrN2O2/c1-17-4-2-3-5-21(17)27-15-12-24-22(26)19-10-13-25(14-11-19)16-18-6-8-20(23)9-7-18/h2-9,19H,10-16H2,1H3,(H,24,26). The molecular formula is C22H27BrN2O2. The van der Waals surface area contributed by atoms with Gasteiger partial charge in [-0.25, -0.2) is 0 Å². The van der Waals surface area contributed by atoms with Crippen molar-refractivity contribution >= 4 is 21.8 Å². The Morgan fingerprint density at radius 1 is 1.15 bits per heavy atom. The van der Waals surface area contributed by atoms with Gasteiger partial charge in [-0.15, -0.1) is 0 Å². The summed E-state index contributed by atoms with van der Waals surface area (Å²) >= 11 is 3.47. The number of benzene rings is 2. The molecule has 144 valence electrons. The Morgan fingerprint density at radius 3 is 2.56 bits per heavy atom. The molecule has 4 nitrogen and oxygen atoms in total. The third-order valence-corrected chi connectivity index (χ3v) is 5.56. The number of carbonyl (C=O) groups is 1. The lowest BCUT2D eigenvalue weighted by Crippen LogP contribution is -2.41. The minimum Gasteiger partial charge on any atom is -0.491 e. The van der Waals surface area contributed by atoms with E-state index in [1.54, 1.807) is 0 Å². The summed E-state index contributed by atoms with van der Waals surface area (Å²) in [5.74, 6) is 1.16. The molecule has 1 aliphatic rings. The minimum atomic E-state index is 0.115. The van der Waals surface area contributed by atoms with E-state index in [-0.39, 0.29) is 11.8 Å². The summed E-state index contributed by atoms with van der Waals surface area (Å²) in [5.41, 5.74) is 2.43. The third-order valence-electron chi connectivity index (χ3n) is 5.03. The van der Waals surface area contributed by atoms with Crippen LogP contribution in [0.4, 0.5) is 0 Å². The van der Waals surface area contributed by atoms with E-state index < -0.39 is 0 Å². The summed E-state index contributed by atoms with van der Waals surface area (Å²) < 4.78 is 6.84. The summed E-state index contributed by atoms with van der Waals surface area (Å²) in [5, 5.41) is 3.03. The highest BCUT2D eigenvalue weighted by Gasteiger charge is 2.24. The molecule has 0 spiro atoms. The van der Waals surface area contributed by atoms with Crippen molar-refractivity contribution in [1.82, 2.24) is 10.2 Å². The maximum Gasteiger partial charge on any atom is 0.223 e. The van der Waals surface area contributed by atoms with E-state index in [1.165, 1.54) is 5.56 Å². The highest BCUT2D eigenvalue weighted by molar-refractivity contribution is 9.10. The molecule has 5 heteroatoms. The maximum absolute atomic E-state index is 12.4. The van der Waals surface area contributed by atoms with Crippen molar-refractivity contribution in [3.8, 4) is 5.75 Å². The zero-order chi connectivity index (χ0) is 19.1. The van der Waals surface area contributed by atoms with Gasteiger partial charge in [-0.2, -0.15) is 0 Å². The van der Waals surface area contributed by atoms with Crippen LogP contribution in [0.25, 0.3) is 0 Å². The highest BCUT2D eigenvalue weighted by atomic mass is 79.9. The van der Waals surface area contributed by atoms with E-state index >= 15 is 0 Å². The monoisotopic (exact) mass is 430 g/mol. The van der Waals surface area contributed by atoms with Gasteiger partial charge < -0.3 is 10.1 Å². The van der Waals surface area contributed by atoms with Gasteiger partial charge in [0.1, 0.15) is 12.4 Å². The SMILES string of the molecule is Cc1ccccc1OCCNC(=O)C1CCN(Cc2ccc(Br)cc2)CC1. The number of para-hydroxylation sites is 1. The number of hydrogen-bond donors (Lipinski definition) is 1. The molecule has 1 N–H and O–H groups in total. The Labute approximate surface area is 170 Å². The molecular weight excluding hydrogens is 404 g/mol. The molecule has 0 unspecified atom stereocenters. The van der Waals surface area contributed by atoms with Crippen LogP contribution in [0.1, 0.15) is 24.0 Å². The van der Waals surface area contributed by atoms with Crippen molar-refractivity contribution in [3.63, 3.8) is 0 Å². The average Bonchev–Trinajstić information content (AvgIpc) is 2.69. The smallest absolute Gasteiger partial charge is 0.223 e. The number of nitrogens with one attached hydrogen (secondary N) is 1. The van der Waals surface area contributed by atoms with E-state index in [1.807, 2.05) is 31.2 Å². The van der Waals surface area contributed by atoms with Gasteiger partial charge in [-0.3, -0.25) is 9.69 Å². The van der Waals surface area contributed by atoms with Crippen molar-refractivity contribution in [2.75, 3.05) is 26.2 Å². The van der Waals surface area contributed by atoms with Crippen LogP contribution in [0.2, 0.25) is 0 Å². The molecule has 0 atom stereocenters. The van der Waals surface area contributed by atoms with Crippen LogP contribution in [-0.4, -0.2) is 37.0 Å². The predicted octanol–water partition coefficient (Wildman–Crippen LogP) is 4.16. The molecule has 2 aromatic rings. The van der Waals surface area contributed by atoms with Gasteiger partial charge in [0.25, 0.3) is 0 Å². The van der Waals surface area contributed by atoms with Crippen molar-refractivity contribution in [1.29, 1.82) is 0 Å². The summed E-state index contributed by atoms with van der Waals surface area (Å²) in [4.78, 5) is 14.8. The molecule has 2 aromatic carbocycles. The fourth-order valence-corrected chi connectivity index (χ4v) is 3.66. The van der Waals surface area contributed by atoms with Gasteiger partial charge >= 0.3 is 0 Å². The number of ether oxygens (including phenoxy) is 1. The number of piperidine rings is 1. The number of hydrogen-bond acceptors (Lipinski definition) is 3. The van der Waals surface area contributed by atoms with E-state index in [0.29, 0.717) is 13.2 Å². The number of aryl methyl sites for hydroxylation is 1. The summed E-state index contributed by atoms with van der Waals surface area (Å²) in [6.45, 7) is 5.95. The summed E-state index contributed by atoms with van der Waals surface area (Å²) in [7, 11) is 0. The summed E-state index contributed by atoms with van der Waals surface area (Å²) in [6, 6.07) is 16.4. The second-order valence-electron chi connectivity index (χ2n) is 7.08. The zero-order valence-corrected chi connectivity index (χ0v) is 17.4. The number of halogens is 1. The van der Waals surface area contributed by atoms with E-state index in [9.17, 15) is 4.79 Å². The van der Waals surface area contributed by atoms with E-state index in [0.717, 1.165) is 48.3 Å². The van der Waals surface area contributed by atoms with E-state index in [2.05, 4.69) is 50.4 Å². The lowest BCUT2D eigenvalue weighted by Gasteiger charge is -2.31. The maximum atomic E-state index is 12.4. The van der Waals surface area contributed by atoms with Gasteiger partial charge in [0.05, 0.1) is 6.54 Å². The molecule has 1 aliphatic heterocycles. The zero-order valence-electron chi connectivity index (χ0n) is 15.8. The number of likely N-dealkylation sites (tertiary alicyclic amines) is 1. The molecule has 0 aliphatic carbocycles. The fourth-order valence-electron chi connectivity index (χ4n) is 3.40. The van der Waals surface area contributed by atoms with Crippen LogP contribution >= 0.6 is 15.9 Å². The molecule has 1 fully saturated rings. The van der Waals surface area contributed by atoms with Crippen LogP contribution in [0.5, 0.6) is 5.75 Å². The molecule has 27 heavy (non-hydrogen) atoms. The largest absolute Gasteiger partial charge is 0.491 e. The first kappa shape index (κ1) is 19.9.